The van der Waals surface area contributed by atoms with Gasteiger partial charge in [-0.15, -0.1) is 0 Å². The van der Waals surface area contributed by atoms with E-state index in [1.807, 2.05) is 0 Å². The lowest BCUT2D eigenvalue weighted by molar-refractivity contribution is 0.0697. The Bertz CT molecular complexity index is 643. The summed E-state index contributed by atoms with van der Waals surface area (Å²) in [4.78, 5) is 29.4. The van der Waals surface area contributed by atoms with Crippen molar-refractivity contribution < 1.29 is 14.7 Å². The number of nitrogens with zero attached hydrogens (tertiary/aromatic N) is 1. The van der Waals surface area contributed by atoms with Gasteiger partial charge in [-0.25, -0.2) is 14.6 Å². The Labute approximate surface area is 125 Å². The van der Waals surface area contributed by atoms with Crippen LogP contribution >= 0.6 is 11.6 Å². The molecular formula is C13H13ClN4O3. The second kappa shape index (κ2) is 6.76. The molecule has 1 heterocycles. The second-order valence-corrected chi connectivity index (χ2v) is 4.61. The number of aromatic nitrogens is 2. The summed E-state index contributed by atoms with van der Waals surface area (Å²) in [5.74, 6) is -1.09. The zero-order valence-corrected chi connectivity index (χ0v) is 11.6. The number of carbonyl (C=O) groups excluding carboxylic acids is 1. The zero-order chi connectivity index (χ0) is 15.2. The van der Waals surface area contributed by atoms with E-state index in [4.69, 9.17) is 16.7 Å². The van der Waals surface area contributed by atoms with Crippen LogP contribution in [0.25, 0.3) is 0 Å². The Kier molecular flexibility index (Phi) is 4.78. The molecule has 0 aliphatic rings. The highest BCUT2D eigenvalue weighted by Crippen LogP contribution is 2.22. The van der Waals surface area contributed by atoms with E-state index in [2.05, 4.69) is 20.6 Å². The standard InChI is InChI=1S/C13H13ClN4O3/c14-10-2-1-8(12(19)20)5-11(10)18-13(21)16-4-3-9-6-15-7-17-9/h1-2,5-7H,3-4H2,(H,15,17)(H,19,20)(H2,16,18,21). The number of H-pyrrole nitrogens is 1. The number of nitrogens with one attached hydrogen (secondary N) is 3. The minimum absolute atomic E-state index is 0.0483. The van der Waals surface area contributed by atoms with Crippen LogP contribution in [0.4, 0.5) is 10.5 Å². The number of amides is 2. The highest BCUT2D eigenvalue weighted by Gasteiger charge is 2.09. The van der Waals surface area contributed by atoms with E-state index in [1.54, 1.807) is 12.5 Å². The molecule has 0 radical (unpaired) electrons. The number of carbonyl (C=O) groups is 2. The molecule has 0 fully saturated rings. The third-order valence-electron chi connectivity index (χ3n) is 2.70. The molecule has 0 aliphatic carbocycles. The van der Waals surface area contributed by atoms with Crippen molar-refractivity contribution in [1.82, 2.24) is 15.3 Å². The van der Waals surface area contributed by atoms with Crippen molar-refractivity contribution in [3.05, 3.63) is 47.0 Å². The zero-order valence-electron chi connectivity index (χ0n) is 10.9. The number of anilines is 1. The Morgan fingerprint density at radius 1 is 1.38 bits per heavy atom. The van der Waals surface area contributed by atoms with Gasteiger partial charge in [-0.1, -0.05) is 11.6 Å². The molecule has 0 saturated heterocycles. The van der Waals surface area contributed by atoms with Gasteiger partial charge in [0.15, 0.2) is 0 Å². The van der Waals surface area contributed by atoms with Crippen molar-refractivity contribution in [3.63, 3.8) is 0 Å². The molecule has 1 aromatic carbocycles. The normalized spacial score (nSPS) is 10.1. The molecule has 0 unspecified atom stereocenters. The lowest BCUT2D eigenvalue weighted by atomic mass is 10.2. The van der Waals surface area contributed by atoms with Gasteiger partial charge in [0.25, 0.3) is 0 Å². The van der Waals surface area contributed by atoms with Crippen molar-refractivity contribution >= 4 is 29.3 Å². The van der Waals surface area contributed by atoms with Gasteiger partial charge in [0, 0.05) is 24.9 Å². The first-order valence-corrected chi connectivity index (χ1v) is 6.49. The lowest BCUT2D eigenvalue weighted by Gasteiger charge is -2.09. The number of aromatic carboxylic acids is 1. The first kappa shape index (κ1) is 14.9. The topological polar surface area (TPSA) is 107 Å². The molecule has 0 bridgehead atoms. The fourth-order valence-electron chi connectivity index (χ4n) is 1.65. The maximum Gasteiger partial charge on any atom is 0.335 e. The molecule has 2 rings (SSSR count). The molecule has 110 valence electrons. The number of urea groups is 1. The van der Waals surface area contributed by atoms with Crippen molar-refractivity contribution in [1.29, 1.82) is 0 Å². The third-order valence-corrected chi connectivity index (χ3v) is 3.03. The van der Waals surface area contributed by atoms with E-state index in [0.29, 0.717) is 13.0 Å². The molecule has 4 N–H and O–H groups in total. The van der Waals surface area contributed by atoms with Crippen LogP contribution in [0.2, 0.25) is 5.02 Å². The summed E-state index contributed by atoms with van der Waals surface area (Å²) in [6.07, 6.45) is 3.84. The number of rotatable bonds is 5. The second-order valence-electron chi connectivity index (χ2n) is 4.21. The minimum atomic E-state index is -1.09. The quantitative estimate of drug-likeness (QED) is 0.678. The van der Waals surface area contributed by atoms with Gasteiger partial charge in [-0.3, -0.25) is 0 Å². The van der Waals surface area contributed by atoms with Crippen molar-refractivity contribution in [3.8, 4) is 0 Å². The smallest absolute Gasteiger partial charge is 0.335 e. The SMILES string of the molecule is O=C(NCCc1cnc[nH]1)Nc1cc(C(=O)O)ccc1Cl. The number of carboxylic acid groups (broad SMARTS) is 1. The number of halogens is 1. The monoisotopic (exact) mass is 308 g/mol. The molecule has 8 heteroatoms. The van der Waals surface area contributed by atoms with Crippen LogP contribution in [-0.4, -0.2) is 33.6 Å². The van der Waals surface area contributed by atoms with Gasteiger partial charge < -0.3 is 20.7 Å². The Hall–Kier alpha value is -2.54. The van der Waals surface area contributed by atoms with Gasteiger partial charge in [0.05, 0.1) is 22.6 Å². The maximum atomic E-state index is 11.7. The van der Waals surface area contributed by atoms with E-state index in [9.17, 15) is 9.59 Å². The average Bonchev–Trinajstić information content (AvgIpc) is 2.94. The molecule has 0 aliphatic heterocycles. The van der Waals surface area contributed by atoms with Crippen LogP contribution in [0.1, 0.15) is 16.1 Å². The van der Waals surface area contributed by atoms with Gasteiger partial charge >= 0.3 is 12.0 Å². The lowest BCUT2D eigenvalue weighted by Crippen LogP contribution is -2.30. The molecule has 7 nitrogen and oxygen atoms in total. The Balaban J connectivity index is 1.90. The summed E-state index contributed by atoms with van der Waals surface area (Å²) >= 11 is 5.91. The van der Waals surface area contributed by atoms with Crippen LogP contribution < -0.4 is 10.6 Å². The molecule has 0 saturated carbocycles. The van der Waals surface area contributed by atoms with Gasteiger partial charge in [-0.05, 0) is 18.2 Å². The van der Waals surface area contributed by atoms with E-state index in [0.717, 1.165) is 5.69 Å². The number of hydrogen-bond acceptors (Lipinski definition) is 3. The predicted octanol–water partition coefficient (Wildman–Crippen LogP) is 2.13. The molecule has 1 aromatic heterocycles. The highest BCUT2D eigenvalue weighted by molar-refractivity contribution is 6.33. The first-order valence-electron chi connectivity index (χ1n) is 6.11. The van der Waals surface area contributed by atoms with E-state index >= 15 is 0 Å². The summed E-state index contributed by atoms with van der Waals surface area (Å²) in [5.41, 5.74) is 1.20. The summed E-state index contributed by atoms with van der Waals surface area (Å²) in [5, 5.41) is 14.3. The van der Waals surface area contributed by atoms with Gasteiger partial charge in [0.2, 0.25) is 0 Å². The van der Waals surface area contributed by atoms with Crippen LogP contribution in [0.5, 0.6) is 0 Å². The average molecular weight is 309 g/mol. The fourth-order valence-corrected chi connectivity index (χ4v) is 1.82. The van der Waals surface area contributed by atoms with Crippen LogP contribution in [-0.2, 0) is 6.42 Å². The highest BCUT2D eigenvalue weighted by atomic mass is 35.5. The predicted molar refractivity (Wildman–Crippen MR) is 77.7 cm³/mol. The van der Waals surface area contributed by atoms with Crippen molar-refractivity contribution in [2.75, 3.05) is 11.9 Å². The number of aromatic amines is 1. The number of imidazole rings is 1. The van der Waals surface area contributed by atoms with Crippen molar-refractivity contribution in [2.24, 2.45) is 0 Å². The van der Waals surface area contributed by atoms with Crippen LogP contribution in [0, 0.1) is 0 Å². The molecular weight excluding hydrogens is 296 g/mol. The Morgan fingerprint density at radius 3 is 2.86 bits per heavy atom. The summed E-state index contributed by atoms with van der Waals surface area (Å²) < 4.78 is 0. The Morgan fingerprint density at radius 2 is 2.19 bits per heavy atom. The fraction of sp³-hybridized carbons (Fsp3) is 0.154. The summed E-state index contributed by atoms with van der Waals surface area (Å²) in [6, 6.07) is 3.63. The van der Waals surface area contributed by atoms with E-state index in [-0.39, 0.29) is 16.3 Å². The maximum absolute atomic E-state index is 11.7. The van der Waals surface area contributed by atoms with Gasteiger partial charge in [-0.2, -0.15) is 0 Å². The van der Waals surface area contributed by atoms with E-state index in [1.165, 1.54) is 18.2 Å². The summed E-state index contributed by atoms with van der Waals surface area (Å²) in [6.45, 7) is 0.407. The van der Waals surface area contributed by atoms with Crippen LogP contribution in [0.3, 0.4) is 0 Å². The van der Waals surface area contributed by atoms with Crippen molar-refractivity contribution in [2.45, 2.75) is 6.42 Å². The first-order chi connectivity index (χ1) is 10.1. The molecule has 2 amide bonds. The third kappa shape index (κ3) is 4.22. The van der Waals surface area contributed by atoms with Crippen LogP contribution in [0.15, 0.2) is 30.7 Å². The molecule has 2 aromatic rings. The molecule has 0 atom stereocenters. The minimum Gasteiger partial charge on any atom is -0.478 e. The van der Waals surface area contributed by atoms with Gasteiger partial charge in [0.1, 0.15) is 0 Å². The number of carboxylic acids is 1. The van der Waals surface area contributed by atoms with E-state index < -0.39 is 12.0 Å². The largest absolute Gasteiger partial charge is 0.478 e. The number of hydrogen-bond donors (Lipinski definition) is 4. The molecule has 0 spiro atoms. The number of benzene rings is 1. The summed E-state index contributed by atoms with van der Waals surface area (Å²) in [7, 11) is 0. The molecule has 21 heavy (non-hydrogen) atoms.